The van der Waals surface area contributed by atoms with E-state index in [1.165, 1.54) is 0 Å². The molecule has 0 amide bonds. The fourth-order valence-electron chi connectivity index (χ4n) is 1.26. The molecule has 1 rings (SSSR count). The first-order valence-electron chi connectivity index (χ1n) is 4.43. The Morgan fingerprint density at radius 2 is 1.13 bits per heavy atom. The van der Waals surface area contributed by atoms with Gasteiger partial charge in [-0.3, -0.25) is 0 Å². The predicted molar refractivity (Wildman–Crippen MR) is 70.2 cm³/mol. The minimum atomic E-state index is 0.192. The van der Waals surface area contributed by atoms with Crippen LogP contribution >= 0.6 is 58.0 Å². The molecule has 0 aliphatic heterocycles. The Balaban J connectivity index is 3.52. The molecule has 0 N–H and O–H groups in total. The van der Waals surface area contributed by atoms with Crippen LogP contribution in [-0.4, -0.2) is 0 Å². The molecular weight excluding hydrogens is 297 g/mol. The molecule has 0 radical (unpaired) electrons. The second kappa shape index (κ2) is 5.33. The SMILES string of the molecule is CCC(C)c1c(Cl)c(Cl)c(Cl)c(Cl)c1Cl. The van der Waals surface area contributed by atoms with Crippen LogP contribution in [0.1, 0.15) is 31.7 Å². The van der Waals surface area contributed by atoms with Gasteiger partial charge in [-0.2, -0.15) is 0 Å². The van der Waals surface area contributed by atoms with Crippen molar-refractivity contribution < 1.29 is 0 Å². The summed E-state index contributed by atoms with van der Waals surface area (Å²) in [6.45, 7) is 4.04. The molecule has 0 aromatic heterocycles. The van der Waals surface area contributed by atoms with Gasteiger partial charge in [0, 0.05) is 0 Å². The maximum absolute atomic E-state index is 6.09. The van der Waals surface area contributed by atoms with Gasteiger partial charge in [0.2, 0.25) is 0 Å². The van der Waals surface area contributed by atoms with E-state index in [9.17, 15) is 0 Å². The highest BCUT2D eigenvalue weighted by Crippen LogP contribution is 2.46. The molecule has 1 atom stereocenters. The molecule has 0 spiro atoms. The Kier molecular flexibility index (Phi) is 4.88. The van der Waals surface area contributed by atoms with Crippen molar-refractivity contribution in [2.75, 3.05) is 0 Å². The molecule has 1 aromatic rings. The van der Waals surface area contributed by atoms with Gasteiger partial charge in [-0.25, -0.2) is 0 Å². The lowest BCUT2D eigenvalue weighted by Gasteiger charge is -2.16. The highest BCUT2D eigenvalue weighted by atomic mass is 35.5. The summed E-state index contributed by atoms with van der Waals surface area (Å²) in [5.74, 6) is 0.192. The summed E-state index contributed by atoms with van der Waals surface area (Å²) < 4.78 is 0. The van der Waals surface area contributed by atoms with E-state index in [2.05, 4.69) is 0 Å². The van der Waals surface area contributed by atoms with E-state index in [0.717, 1.165) is 12.0 Å². The Labute approximate surface area is 114 Å². The number of benzene rings is 1. The van der Waals surface area contributed by atoms with Crippen LogP contribution in [0, 0.1) is 0 Å². The van der Waals surface area contributed by atoms with E-state index >= 15 is 0 Å². The van der Waals surface area contributed by atoms with Crippen LogP contribution in [0.2, 0.25) is 25.1 Å². The second-order valence-electron chi connectivity index (χ2n) is 3.29. The second-order valence-corrected chi connectivity index (χ2v) is 5.18. The molecule has 84 valence electrons. The van der Waals surface area contributed by atoms with Gasteiger partial charge >= 0.3 is 0 Å². The Hall–Kier alpha value is 0.670. The van der Waals surface area contributed by atoms with Gasteiger partial charge in [0.15, 0.2) is 0 Å². The summed E-state index contributed by atoms with van der Waals surface area (Å²) in [6, 6.07) is 0. The largest absolute Gasteiger partial charge is 0.0823 e. The summed E-state index contributed by atoms with van der Waals surface area (Å²) in [4.78, 5) is 0. The minimum absolute atomic E-state index is 0.192. The molecule has 0 aliphatic rings. The molecule has 1 aromatic carbocycles. The lowest BCUT2D eigenvalue weighted by atomic mass is 9.98. The summed E-state index contributed by atoms with van der Waals surface area (Å²) in [7, 11) is 0. The molecular formula is C10H9Cl5. The van der Waals surface area contributed by atoms with Gasteiger partial charge < -0.3 is 0 Å². The van der Waals surface area contributed by atoms with Crippen LogP contribution < -0.4 is 0 Å². The van der Waals surface area contributed by atoms with Crippen molar-refractivity contribution in [1.82, 2.24) is 0 Å². The van der Waals surface area contributed by atoms with Gasteiger partial charge in [-0.1, -0.05) is 71.9 Å². The normalized spacial score (nSPS) is 13.0. The molecule has 0 nitrogen and oxygen atoms in total. The van der Waals surface area contributed by atoms with Gasteiger partial charge in [0.25, 0.3) is 0 Å². The van der Waals surface area contributed by atoms with Crippen LogP contribution in [0.15, 0.2) is 0 Å². The van der Waals surface area contributed by atoms with E-state index in [1.54, 1.807) is 0 Å². The van der Waals surface area contributed by atoms with Crippen molar-refractivity contribution in [2.45, 2.75) is 26.2 Å². The van der Waals surface area contributed by atoms with Crippen molar-refractivity contribution in [1.29, 1.82) is 0 Å². The molecule has 0 saturated heterocycles. The van der Waals surface area contributed by atoms with Gasteiger partial charge in [-0.05, 0) is 17.9 Å². The number of rotatable bonds is 2. The quantitative estimate of drug-likeness (QED) is 0.434. The molecule has 0 heterocycles. The molecule has 15 heavy (non-hydrogen) atoms. The average Bonchev–Trinajstić information content (AvgIpc) is 2.23. The third kappa shape index (κ3) is 2.50. The monoisotopic (exact) mass is 304 g/mol. The molecule has 0 bridgehead atoms. The zero-order chi connectivity index (χ0) is 11.7. The van der Waals surface area contributed by atoms with E-state index in [-0.39, 0.29) is 21.0 Å². The van der Waals surface area contributed by atoms with Crippen LogP contribution in [-0.2, 0) is 0 Å². The maximum Gasteiger partial charge on any atom is 0.0809 e. The third-order valence-corrected chi connectivity index (χ3v) is 4.65. The smallest absolute Gasteiger partial charge is 0.0809 e. The van der Waals surface area contributed by atoms with Crippen LogP contribution in [0.4, 0.5) is 0 Å². The molecule has 0 saturated carbocycles. The van der Waals surface area contributed by atoms with Crippen LogP contribution in [0.25, 0.3) is 0 Å². The van der Waals surface area contributed by atoms with Gasteiger partial charge in [0.05, 0.1) is 25.1 Å². The fourth-order valence-corrected chi connectivity index (χ4v) is 2.78. The van der Waals surface area contributed by atoms with Crippen molar-refractivity contribution in [3.8, 4) is 0 Å². The topological polar surface area (TPSA) is 0 Å². The highest BCUT2D eigenvalue weighted by molar-refractivity contribution is 6.55. The number of hydrogen-bond donors (Lipinski definition) is 0. The zero-order valence-corrected chi connectivity index (χ0v) is 12.0. The van der Waals surface area contributed by atoms with Crippen molar-refractivity contribution >= 4 is 58.0 Å². The summed E-state index contributed by atoms with van der Waals surface area (Å²) in [5, 5.41) is 1.53. The first kappa shape index (κ1) is 13.7. The Morgan fingerprint density at radius 3 is 1.47 bits per heavy atom. The minimum Gasteiger partial charge on any atom is -0.0823 e. The van der Waals surface area contributed by atoms with Gasteiger partial charge in [0.1, 0.15) is 0 Å². The molecule has 0 fully saturated rings. The highest BCUT2D eigenvalue weighted by Gasteiger charge is 2.21. The molecule has 0 aliphatic carbocycles. The first-order chi connectivity index (χ1) is 6.91. The molecule has 5 heteroatoms. The zero-order valence-electron chi connectivity index (χ0n) is 8.17. The van der Waals surface area contributed by atoms with Crippen LogP contribution in [0.3, 0.4) is 0 Å². The van der Waals surface area contributed by atoms with E-state index < -0.39 is 0 Å². The fraction of sp³-hybridized carbons (Fsp3) is 0.400. The van der Waals surface area contributed by atoms with E-state index in [1.807, 2.05) is 13.8 Å². The average molecular weight is 306 g/mol. The van der Waals surface area contributed by atoms with E-state index in [0.29, 0.717) is 10.0 Å². The lowest BCUT2D eigenvalue weighted by Crippen LogP contribution is -1.96. The van der Waals surface area contributed by atoms with Crippen molar-refractivity contribution in [2.24, 2.45) is 0 Å². The number of halogens is 5. The maximum atomic E-state index is 6.09. The Bertz CT molecular complexity index is 357. The van der Waals surface area contributed by atoms with Crippen molar-refractivity contribution in [3.63, 3.8) is 0 Å². The standard InChI is InChI=1S/C10H9Cl5/c1-3-4(2)5-6(11)8(13)10(15)9(14)7(5)12/h4H,3H2,1-2H3. The first-order valence-corrected chi connectivity index (χ1v) is 6.32. The molecule has 1 unspecified atom stereocenters. The number of hydrogen-bond acceptors (Lipinski definition) is 0. The lowest BCUT2D eigenvalue weighted by molar-refractivity contribution is 0.734. The third-order valence-electron chi connectivity index (χ3n) is 2.35. The Morgan fingerprint density at radius 1 is 0.800 bits per heavy atom. The van der Waals surface area contributed by atoms with Crippen LogP contribution in [0.5, 0.6) is 0 Å². The summed E-state index contributed by atoms with van der Waals surface area (Å²) >= 11 is 30.0. The summed E-state index contributed by atoms with van der Waals surface area (Å²) in [6.07, 6.45) is 0.897. The summed E-state index contributed by atoms with van der Waals surface area (Å²) in [5.41, 5.74) is 0.764. The van der Waals surface area contributed by atoms with E-state index in [4.69, 9.17) is 58.0 Å². The van der Waals surface area contributed by atoms with Gasteiger partial charge in [-0.15, -0.1) is 0 Å². The van der Waals surface area contributed by atoms with Crippen molar-refractivity contribution in [3.05, 3.63) is 30.7 Å². The predicted octanol–water partition coefficient (Wildman–Crippen LogP) is 6.47.